The van der Waals surface area contributed by atoms with Crippen LogP contribution in [0.2, 0.25) is 0 Å². The van der Waals surface area contributed by atoms with Crippen molar-refractivity contribution in [3.8, 4) is 0 Å². The summed E-state index contributed by atoms with van der Waals surface area (Å²) in [6.45, 7) is 5.00. The van der Waals surface area contributed by atoms with E-state index in [1.54, 1.807) is 6.92 Å². The molecule has 0 saturated carbocycles. The summed E-state index contributed by atoms with van der Waals surface area (Å²) in [5.41, 5.74) is 0.833. The first-order valence-corrected chi connectivity index (χ1v) is 4.65. The SMILES string of the molecule is CCC1CN(C(C)=O)CCC1=NO. The van der Waals surface area contributed by atoms with Gasteiger partial charge in [0.05, 0.1) is 5.71 Å². The summed E-state index contributed by atoms with van der Waals surface area (Å²) < 4.78 is 0. The quantitative estimate of drug-likeness (QED) is 0.490. The fourth-order valence-electron chi connectivity index (χ4n) is 1.70. The molecule has 0 spiro atoms. The molecular weight excluding hydrogens is 168 g/mol. The first-order valence-electron chi connectivity index (χ1n) is 4.65. The van der Waals surface area contributed by atoms with Gasteiger partial charge in [-0.1, -0.05) is 12.1 Å². The number of carbonyl (C=O) groups is 1. The van der Waals surface area contributed by atoms with Gasteiger partial charge in [-0.15, -0.1) is 0 Å². The number of carbonyl (C=O) groups excluding carboxylic acids is 1. The van der Waals surface area contributed by atoms with Gasteiger partial charge >= 0.3 is 0 Å². The molecule has 4 heteroatoms. The largest absolute Gasteiger partial charge is 0.411 e. The molecule has 1 fully saturated rings. The van der Waals surface area contributed by atoms with E-state index in [2.05, 4.69) is 5.16 Å². The van der Waals surface area contributed by atoms with Crippen molar-refractivity contribution in [2.24, 2.45) is 11.1 Å². The van der Waals surface area contributed by atoms with Gasteiger partial charge in [0.2, 0.25) is 5.91 Å². The fraction of sp³-hybridized carbons (Fsp3) is 0.778. The third-order valence-electron chi connectivity index (χ3n) is 2.62. The van der Waals surface area contributed by atoms with Crippen LogP contribution in [-0.2, 0) is 4.79 Å². The van der Waals surface area contributed by atoms with Crippen molar-refractivity contribution in [2.75, 3.05) is 13.1 Å². The molecule has 0 aromatic carbocycles. The molecule has 1 rings (SSSR count). The summed E-state index contributed by atoms with van der Waals surface area (Å²) in [7, 11) is 0. The fourth-order valence-corrected chi connectivity index (χ4v) is 1.70. The zero-order valence-corrected chi connectivity index (χ0v) is 8.16. The second-order valence-electron chi connectivity index (χ2n) is 3.41. The number of oxime groups is 1. The summed E-state index contributed by atoms with van der Waals surface area (Å²) in [4.78, 5) is 12.9. The Hall–Kier alpha value is -1.06. The zero-order valence-electron chi connectivity index (χ0n) is 8.16. The first kappa shape index (κ1) is 10.0. The van der Waals surface area contributed by atoms with Crippen molar-refractivity contribution in [1.82, 2.24) is 4.90 Å². The Morgan fingerprint density at radius 3 is 2.92 bits per heavy atom. The number of piperidine rings is 1. The lowest BCUT2D eigenvalue weighted by atomic mass is 9.93. The zero-order chi connectivity index (χ0) is 9.84. The minimum Gasteiger partial charge on any atom is -0.411 e. The molecule has 0 aromatic rings. The van der Waals surface area contributed by atoms with Crippen LogP contribution < -0.4 is 0 Å². The lowest BCUT2D eigenvalue weighted by Gasteiger charge is -2.31. The number of nitrogens with zero attached hydrogens (tertiary/aromatic N) is 2. The molecule has 0 aliphatic carbocycles. The lowest BCUT2D eigenvalue weighted by Crippen LogP contribution is -2.43. The van der Waals surface area contributed by atoms with Gasteiger partial charge in [0.15, 0.2) is 0 Å². The minimum absolute atomic E-state index is 0.107. The van der Waals surface area contributed by atoms with Crippen molar-refractivity contribution in [3.05, 3.63) is 0 Å². The first-order chi connectivity index (χ1) is 6.19. The predicted molar refractivity (Wildman–Crippen MR) is 49.9 cm³/mol. The highest BCUT2D eigenvalue weighted by atomic mass is 16.4. The molecule has 0 bridgehead atoms. The van der Waals surface area contributed by atoms with E-state index in [0.717, 1.165) is 12.1 Å². The molecular formula is C9H16N2O2. The Kier molecular flexibility index (Phi) is 3.28. The van der Waals surface area contributed by atoms with Crippen LogP contribution in [0.4, 0.5) is 0 Å². The number of amides is 1. The Labute approximate surface area is 78.2 Å². The van der Waals surface area contributed by atoms with E-state index in [1.165, 1.54) is 0 Å². The normalized spacial score (nSPS) is 26.5. The van der Waals surface area contributed by atoms with Crippen molar-refractivity contribution in [1.29, 1.82) is 0 Å². The van der Waals surface area contributed by atoms with Gasteiger partial charge in [-0.2, -0.15) is 0 Å². The van der Waals surface area contributed by atoms with Crippen LogP contribution in [0.1, 0.15) is 26.7 Å². The highest BCUT2D eigenvalue weighted by Crippen LogP contribution is 2.17. The molecule has 0 aromatic heterocycles. The Morgan fingerprint density at radius 1 is 1.77 bits per heavy atom. The number of likely N-dealkylation sites (tertiary alicyclic amines) is 1. The van der Waals surface area contributed by atoms with Crippen molar-refractivity contribution in [2.45, 2.75) is 26.7 Å². The average molecular weight is 184 g/mol. The molecule has 74 valence electrons. The topological polar surface area (TPSA) is 52.9 Å². The molecule has 1 amide bonds. The van der Waals surface area contributed by atoms with E-state index < -0.39 is 0 Å². The van der Waals surface area contributed by atoms with Gasteiger partial charge in [-0.3, -0.25) is 4.79 Å². The Morgan fingerprint density at radius 2 is 2.46 bits per heavy atom. The summed E-state index contributed by atoms with van der Waals surface area (Å²) in [6, 6.07) is 0. The lowest BCUT2D eigenvalue weighted by molar-refractivity contribution is -0.129. The highest BCUT2D eigenvalue weighted by Gasteiger charge is 2.25. The maximum atomic E-state index is 11.1. The summed E-state index contributed by atoms with van der Waals surface area (Å²) in [6.07, 6.45) is 1.62. The molecule has 1 aliphatic rings. The van der Waals surface area contributed by atoms with E-state index in [4.69, 9.17) is 5.21 Å². The molecule has 0 radical (unpaired) electrons. The third-order valence-corrected chi connectivity index (χ3v) is 2.62. The molecule has 1 saturated heterocycles. The van der Waals surface area contributed by atoms with E-state index >= 15 is 0 Å². The minimum atomic E-state index is 0.107. The second kappa shape index (κ2) is 4.25. The van der Waals surface area contributed by atoms with Crippen LogP contribution in [0.25, 0.3) is 0 Å². The van der Waals surface area contributed by atoms with Gasteiger partial charge in [-0.05, 0) is 6.42 Å². The molecule has 1 heterocycles. The van der Waals surface area contributed by atoms with Crippen LogP contribution in [0, 0.1) is 5.92 Å². The molecule has 1 N–H and O–H groups in total. The monoisotopic (exact) mass is 184 g/mol. The van der Waals surface area contributed by atoms with Crippen LogP contribution in [0.15, 0.2) is 5.16 Å². The van der Waals surface area contributed by atoms with Crippen LogP contribution in [0.5, 0.6) is 0 Å². The maximum absolute atomic E-state index is 11.1. The molecule has 4 nitrogen and oxygen atoms in total. The summed E-state index contributed by atoms with van der Waals surface area (Å²) in [5, 5.41) is 12.0. The summed E-state index contributed by atoms with van der Waals surface area (Å²) in [5.74, 6) is 0.345. The molecule has 1 atom stereocenters. The van der Waals surface area contributed by atoms with Crippen molar-refractivity contribution >= 4 is 11.6 Å². The van der Waals surface area contributed by atoms with E-state index in [1.807, 2.05) is 11.8 Å². The van der Waals surface area contributed by atoms with Crippen molar-refractivity contribution in [3.63, 3.8) is 0 Å². The Bertz CT molecular complexity index is 226. The van der Waals surface area contributed by atoms with Gasteiger partial charge in [0, 0.05) is 32.4 Å². The van der Waals surface area contributed by atoms with E-state index in [9.17, 15) is 4.79 Å². The van der Waals surface area contributed by atoms with E-state index in [-0.39, 0.29) is 11.8 Å². The van der Waals surface area contributed by atoms with Gasteiger partial charge < -0.3 is 10.1 Å². The van der Waals surface area contributed by atoms with Gasteiger partial charge in [0.25, 0.3) is 0 Å². The van der Waals surface area contributed by atoms with Gasteiger partial charge in [-0.25, -0.2) is 0 Å². The number of hydrogen-bond acceptors (Lipinski definition) is 3. The van der Waals surface area contributed by atoms with Crippen LogP contribution in [0.3, 0.4) is 0 Å². The van der Waals surface area contributed by atoms with Crippen LogP contribution >= 0.6 is 0 Å². The standard InChI is InChI=1S/C9H16N2O2/c1-3-8-6-11(7(2)12)5-4-9(8)10-13/h8,13H,3-6H2,1-2H3. The Balaban J connectivity index is 2.63. The van der Waals surface area contributed by atoms with Gasteiger partial charge in [0.1, 0.15) is 0 Å². The maximum Gasteiger partial charge on any atom is 0.219 e. The molecule has 1 aliphatic heterocycles. The smallest absolute Gasteiger partial charge is 0.219 e. The van der Waals surface area contributed by atoms with Crippen molar-refractivity contribution < 1.29 is 10.0 Å². The average Bonchev–Trinajstić information content (AvgIpc) is 2.16. The molecule has 13 heavy (non-hydrogen) atoms. The van der Waals surface area contributed by atoms with E-state index in [0.29, 0.717) is 19.5 Å². The molecule has 1 unspecified atom stereocenters. The number of hydrogen-bond donors (Lipinski definition) is 1. The predicted octanol–water partition coefficient (Wildman–Crippen LogP) is 1.09. The highest BCUT2D eigenvalue weighted by molar-refractivity contribution is 5.88. The third kappa shape index (κ3) is 2.20. The second-order valence-corrected chi connectivity index (χ2v) is 3.41. The van der Waals surface area contributed by atoms with Crippen LogP contribution in [-0.4, -0.2) is 34.8 Å². The number of rotatable bonds is 1. The summed E-state index contributed by atoms with van der Waals surface area (Å²) >= 11 is 0.